The van der Waals surface area contributed by atoms with Gasteiger partial charge in [0.15, 0.2) is 0 Å². The van der Waals surface area contributed by atoms with E-state index in [1.165, 1.54) is 0 Å². The second-order valence-electron chi connectivity index (χ2n) is 2.34. The van der Waals surface area contributed by atoms with E-state index >= 15 is 0 Å². The fraction of sp³-hybridized carbons (Fsp3) is 0.500. The van der Waals surface area contributed by atoms with Crippen molar-refractivity contribution >= 4 is 12.1 Å². The summed E-state index contributed by atoms with van der Waals surface area (Å²) in [5.74, 6) is 0.401. The van der Waals surface area contributed by atoms with Gasteiger partial charge in [-0.1, -0.05) is 19.9 Å². The lowest BCUT2D eigenvalue weighted by Gasteiger charge is -2.01. The highest BCUT2D eigenvalue weighted by Crippen LogP contribution is 1.97. The minimum atomic E-state index is 0.401. The van der Waals surface area contributed by atoms with Crippen molar-refractivity contribution in [3.05, 3.63) is 12.2 Å². The first-order valence-electron chi connectivity index (χ1n) is 3.41. The first-order chi connectivity index (χ1) is 4.72. The number of nitrogens with one attached hydrogen (secondary N) is 1. The van der Waals surface area contributed by atoms with Gasteiger partial charge in [0.25, 0.3) is 0 Å². The van der Waals surface area contributed by atoms with E-state index < -0.39 is 0 Å². The average molecular weight is 138 g/mol. The van der Waals surface area contributed by atoms with Crippen LogP contribution in [0.15, 0.2) is 17.1 Å². The molecule has 56 valence electrons. The van der Waals surface area contributed by atoms with Crippen molar-refractivity contribution in [2.45, 2.75) is 20.8 Å². The Bertz CT molecular complexity index is 155. The van der Waals surface area contributed by atoms with Crippen LogP contribution in [0.4, 0.5) is 0 Å². The molecule has 2 nitrogen and oxygen atoms in total. The molecule has 0 aliphatic rings. The molecule has 0 bridgehead atoms. The molecular formula is C8H14N2. The molecule has 0 aromatic rings. The third-order valence-electron chi connectivity index (χ3n) is 1.14. The van der Waals surface area contributed by atoms with Crippen LogP contribution in [0.3, 0.4) is 0 Å². The van der Waals surface area contributed by atoms with Gasteiger partial charge in [0.1, 0.15) is 6.34 Å². The molecule has 0 aromatic heterocycles. The summed E-state index contributed by atoms with van der Waals surface area (Å²) in [6.45, 7) is 6.06. The van der Waals surface area contributed by atoms with Gasteiger partial charge in [0, 0.05) is 5.71 Å². The number of nitrogens with zero attached hydrogens (tertiary/aromatic N) is 1. The monoisotopic (exact) mass is 138 g/mol. The molecule has 0 radical (unpaired) electrons. The molecule has 0 atom stereocenters. The minimum Gasteiger partial charge on any atom is -0.290 e. The largest absolute Gasteiger partial charge is 0.290 e. The molecule has 0 unspecified atom stereocenters. The van der Waals surface area contributed by atoms with E-state index in [2.05, 4.69) is 18.8 Å². The zero-order valence-electron chi connectivity index (χ0n) is 6.76. The predicted molar refractivity (Wildman–Crippen MR) is 45.9 cm³/mol. The van der Waals surface area contributed by atoms with Crippen LogP contribution in [0.1, 0.15) is 20.8 Å². The van der Waals surface area contributed by atoms with Gasteiger partial charge in [-0.2, -0.15) is 0 Å². The standard InChI is InChI=1S/C8H14N2/c1-4-5-8(7(2)3)10-6-9/h4-7,9H,1-3H3/b5-4-,9-6?,10-8?. The van der Waals surface area contributed by atoms with Gasteiger partial charge in [-0.25, -0.2) is 4.99 Å². The van der Waals surface area contributed by atoms with E-state index in [4.69, 9.17) is 5.41 Å². The molecule has 0 aliphatic heterocycles. The third kappa shape index (κ3) is 3.17. The van der Waals surface area contributed by atoms with E-state index in [-0.39, 0.29) is 0 Å². The topological polar surface area (TPSA) is 36.2 Å². The summed E-state index contributed by atoms with van der Waals surface area (Å²) in [4.78, 5) is 3.88. The molecule has 0 spiro atoms. The highest BCUT2D eigenvalue weighted by molar-refractivity contribution is 6.00. The Morgan fingerprint density at radius 1 is 1.50 bits per heavy atom. The van der Waals surface area contributed by atoms with Gasteiger partial charge in [0.05, 0.1) is 0 Å². The van der Waals surface area contributed by atoms with E-state index in [9.17, 15) is 0 Å². The molecule has 0 rings (SSSR count). The molecule has 0 aliphatic carbocycles. The maximum Gasteiger partial charge on any atom is 0.107 e. The van der Waals surface area contributed by atoms with Crippen LogP contribution in [-0.2, 0) is 0 Å². The second kappa shape index (κ2) is 4.91. The van der Waals surface area contributed by atoms with Crippen LogP contribution in [0.2, 0.25) is 0 Å². The number of hydrogen-bond acceptors (Lipinski definition) is 1. The molecule has 10 heavy (non-hydrogen) atoms. The van der Waals surface area contributed by atoms with Crippen LogP contribution in [0, 0.1) is 11.3 Å². The Hall–Kier alpha value is -0.920. The highest BCUT2D eigenvalue weighted by atomic mass is 14.8. The summed E-state index contributed by atoms with van der Waals surface area (Å²) in [6.07, 6.45) is 4.94. The van der Waals surface area contributed by atoms with Crippen molar-refractivity contribution in [1.82, 2.24) is 0 Å². The van der Waals surface area contributed by atoms with E-state index in [0.29, 0.717) is 5.92 Å². The molecule has 0 heterocycles. The molecule has 0 saturated heterocycles. The van der Waals surface area contributed by atoms with Gasteiger partial charge in [-0.15, -0.1) is 0 Å². The van der Waals surface area contributed by atoms with Crippen molar-refractivity contribution in [3.63, 3.8) is 0 Å². The smallest absolute Gasteiger partial charge is 0.107 e. The van der Waals surface area contributed by atoms with Crippen LogP contribution in [0.5, 0.6) is 0 Å². The zero-order valence-corrected chi connectivity index (χ0v) is 6.76. The minimum absolute atomic E-state index is 0.401. The predicted octanol–water partition coefficient (Wildman–Crippen LogP) is 2.27. The zero-order chi connectivity index (χ0) is 7.98. The van der Waals surface area contributed by atoms with Crippen LogP contribution < -0.4 is 0 Å². The fourth-order valence-corrected chi connectivity index (χ4v) is 0.630. The summed E-state index contributed by atoms with van der Waals surface area (Å²) in [5, 5.41) is 6.76. The maximum atomic E-state index is 6.76. The Morgan fingerprint density at radius 2 is 2.10 bits per heavy atom. The van der Waals surface area contributed by atoms with Crippen molar-refractivity contribution in [1.29, 1.82) is 5.41 Å². The van der Waals surface area contributed by atoms with Crippen molar-refractivity contribution in [2.75, 3.05) is 0 Å². The van der Waals surface area contributed by atoms with Gasteiger partial charge in [0.2, 0.25) is 0 Å². The van der Waals surface area contributed by atoms with Gasteiger partial charge >= 0.3 is 0 Å². The SMILES string of the molecule is C/C=C\C(=NC=N)C(C)C. The number of hydrogen-bond donors (Lipinski definition) is 1. The maximum absolute atomic E-state index is 6.76. The first-order valence-corrected chi connectivity index (χ1v) is 3.41. The summed E-state index contributed by atoms with van der Waals surface area (Å²) in [5.41, 5.74) is 0.956. The number of aliphatic imine (C=N–C) groups is 1. The molecule has 2 heteroatoms. The lowest BCUT2D eigenvalue weighted by atomic mass is 10.1. The highest BCUT2D eigenvalue weighted by Gasteiger charge is 1.97. The molecule has 0 saturated carbocycles. The molecule has 0 amide bonds. The van der Waals surface area contributed by atoms with E-state index in [1.54, 1.807) is 0 Å². The summed E-state index contributed by atoms with van der Waals surface area (Å²) < 4.78 is 0. The molecule has 1 N–H and O–H groups in total. The lowest BCUT2D eigenvalue weighted by molar-refractivity contribution is 0.891. The molecular weight excluding hydrogens is 124 g/mol. The summed E-state index contributed by atoms with van der Waals surface area (Å²) in [6, 6.07) is 0. The summed E-state index contributed by atoms with van der Waals surface area (Å²) in [7, 11) is 0. The average Bonchev–Trinajstić information content (AvgIpc) is 1.87. The van der Waals surface area contributed by atoms with Crippen molar-refractivity contribution in [2.24, 2.45) is 10.9 Å². The Morgan fingerprint density at radius 3 is 2.40 bits per heavy atom. The number of rotatable bonds is 3. The fourth-order valence-electron chi connectivity index (χ4n) is 0.630. The van der Waals surface area contributed by atoms with Crippen molar-refractivity contribution < 1.29 is 0 Å². The Balaban J connectivity index is 4.25. The van der Waals surface area contributed by atoms with Gasteiger partial charge in [-0.05, 0) is 18.9 Å². The molecule has 0 aromatic carbocycles. The first kappa shape index (κ1) is 9.08. The van der Waals surface area contributed by atoms with Crippen LogP contribution in [-0.4, -0.2) is 12.1 Å². The lowest BCUT2D eigenvalue weighted by Crippen LogP contribution is -2.03. The van der Waals surface area contributed by atoms with Gasteiger partial charge < -0.3 is 0 Å². The number of allylic oxidation sites excluding steroid dienone is 2. The van der Waals surface area contributed by atoms with E-state index in [1.807, 2.05) is 19.1 Å². The molecule has 0 fully saturated rings. The van der Waals surface area contributed by atoms with Crippen molar-refractivity contribution in [3.8, 4) is 0 Å². The van der Waals surface area contributed by atoms with Gasteiger partial charge in [-0.3, -0.25) is 5.41 Å². The quantitative estimate of drug-likeness (QED) is 0.459. The summed E-state index contributed by atoms with van der Waals surface area (Å²) >= 11 is 0. The third-order valence-corrected chi connectivity index (χ3v) is 1.14. The normalized spacial score (nSPS) is 13.0. The second-order valence-corrected chi connectivity index (χ2v) is 2.34. The van der Waals surface area contributed by atoms with E-state index in [0.717, 1.165) is 12.1 Å². The Kier molecular flexibility index (Phi) is 4.46. The van der Waals surface area contributed by atoms with Crippen LogP contribution >= 0.6 is 0 Å². The van der Waals surface area contributed by atoms with Crippen LogP contribution in [0.25, 0.3) is 0 Å². The Labute approximate surface area is 62.2 Å².